The van der Waals surface area contributed by atoms with Crippen molar-refractivity contribution in [1.82, 2.24) is 4.98 Å². The van der Waals surface area contributed by atoms with Crippen LogP contribution in [-0.2, 0) is 10.4 Å². The smallest absolute Gasteiger partial charge is 0.444 e. The molecule has 0 spiro atoms. The van der Waals surface area contributed by atoms with Crippen LogP contribution in [0.2, 0.25) is 0 Å². The first-order valence-electron chi connectivity index (χ1n) is 3.97. The Hall–Kier alpha value is -0.270. The third-order valence-electron chi connectivity index (χ3n) is 1.28. The number of hydrogen-bond acceptors (Lipinski definition) is 8. The number of rotatable bonds is 0. The fourth-order valence-electron chi connectivity index (χ4n) is 0.860. The number of aromatic nitrogens is 1. The minimum absolute atomic E-state index is 0. The van der Waals surface area contributed by atoms with Crippen LogP contribution < -0.4 is 29.6 Å². The van der Waals surface area contributed by atoms with Gasteiger partial charge in [0.25, 0.3) is 0 Å². The van der Waals surface area contributed by atoms with Gasteiger partial charge in [-0.05, 0) is 12.1 Å². The van der Waals surface area contributed by atoms with Crippen molar-refractivity contribution in [2.75, 3.05) is 0 Å². The molecule has 100 valence electrons. The van der Waals surface area contributed by atoms with E-state index < -0.39 is 10.4 Å². The van der Waals surface area contributed by atoms with Gasteiger partial charge in [-0.2, -0.15) is 8.42 Å². The van der Waals surface area contributed by atoms with Crippen molar-refractivity contribution >= 4 is 44.6 Å². The SMILES string of the molecule is O=N[O-].O=S(=O)(O)O.Sc1nc2ccccc2s1.[Na+]. The number of hydrogen-bond donors (Lipinski definition) is 3. The summed E-state index contributed by atoms with van der Waals surface area (Å²) in [5.41, 5.74) is 1.04. The van der Waals surface area contributed by atoms with Crippen molar-refractivity contribution < 1.29 is 47.1 Å². The largest absolute Gasteiger partial charge is 1.00 e. The molecule has 0 saturated carbocycles. The van der Waals surface area contributed by atoms with Crippen molar-refractivity contribution in [2.45, 2.75) is 4.34 Å². The molecule has 0 aliphatic carbocycles. The first-order valence-corrected chi connectivity index (χ1v) is 6.63. The molecule has 1 heterocycles. The van der Waals surface area contributed by atoms with E-state index in [-0.39, 0.29) is 29.6 Å². The molecule has 0 unspecified atom stereocenters. The summed E-state index contributed by atoms with van der Waals surface area (Å²) in [5, 5.41) is 9.00. The quantitative estimate of drug-likeness (QED) is 0.188. The number of fused-ring (bicyclic) bond motifs is 1. The van der Waals surface area contributed by atoms with Crippen LogP contribution in [0.15, 0.2) is 33.9 Å². The number of thiazole rings is 1. The maximum absolute atomic E-state index is 8.74. The summed E-state index contributed by atoms with van der Waals surface area (Å²) in [6.45, 7) is 0. The average molecular weight is 334 g/mol. The van der Waals surface area contributed by atoms with Crippen molar-refractivity contribution in [3.8, 4) is 0 Å². The Kier molecular flexibility index (Phi) is 11.6. The maximum atomic E-state index is 8.74. The Balaban J connectivity index is 0. The first-order chi connectivity index (χ1) is 8.27. The molecule has 0 fully saturated rings. The molecule has 2 N–H and O–H groups in total. The van der Waals surface area contributed by atoms with Crippen LogP contribution in [0.3, 0.4) is 0 Å². The molecule has 19 heavy (non-hydrogen) atoms. The fourth-order valence-corrected chi connectivity index (χ4v) is 1.97. The van der Waals surface area contributed by atoms with Crippen LogP contribution in [0.1, 0.15) is 0 Å². The Morgan fingerprint density at radius 2 is 1.74 bits per heavy atom. The van der Waals surface area contributed by atoms with Crippen molar-refractivity contribution in [3.63, 3.8) is 0 Å². The van der Waals surface area contributed by atoms with Crippen LogP contribution in [0.4, 0.5) is 0 Å². The summed E-state index contributed by atoms with van der Waals surface area (Å²) in [5.74, 6) is 0. The molecule has 0 bridgehead atoms. The summed E-state index contributed by atoms with van der Waals surface area (Å²) in [6, 6.07) is 8.03. The van der Waals surface area contributed by atoms with Gasteiger partial charge in [0, 0.05) is 0 Å². The van der Waals surface area contributed by atoms with E-state index in [1.54, 1.807) is 11.3 Å². The molecule has 0 aliphatic heterocycles. The Labute approximate surface area is 140 Å². The Bertz CT molecular complexity index is 561. The predicted molar refractivity (Wildman–Crippen MR) is 70.2 cm³/mol. The second-order valence-corrected chi connectivity index (χ2v) is 5.14. The molecule has 2 rings (SSSR count). The monoisotopic (exact) mass is 334 g/mol. The number of benzene rings is 1. The van der Waals surface area contributed by atoms with Gasteiger partial charge < -0.3 is 10.1 Å². The number of thiol groups is 1. The Morgan fingerprint density at radius 1 is 1.32 bits per heavy atom. The van der Waals surface area contributed by atoms with Gasteiger partial charge in [0.2, 0.25) is 0 Å². The molecular formula is C7H7N2NaO6S3. The molecule has 1 aromatic heterocycles. The second kappa shape index (κ2) is 10.5. The summed E-state index contributed by atoms with van der Waals surface area (Å²) in [6.07, 6.45) is 0. The molecule has 0 amide bonds. The average Bonchev–Trinajstić information content (AvgIpc) is 2.56. The number of para-hydroxylation sites is 1. The van der Waals surface area contributed by atoms with Crippen LogP contribution in [0.25, 0.3) is 10.2 Å². The van der Waals surface area contributed by atoms with Crippen LogP contribution in [0.5, 0.6) is 0 Å². The van der Waals surface area contributed by atoms with Gasteiger partial charge in [-0.15, -0.1) is 29.3 Å². The number of nitrogens with zero attached hydrogens (tertiary/aromatic N) is 2. The van der Waals surface area contributed by atoms with E-state index in [1.165, 1.54) is 4.70 Å². The van der Waals surface area contributed by atoms with Crippen molar-refractivity contribution in [2.24, 2.45) is 5.34 Å². The van der Waals surface area contributed by atoms with E-state index in [9.17, 15) is 0 Å². The van der Waals surface area contributed by atoms with Gasteiger partial charge in [-0.3, -0.25) is 9.11 Å². The predicted octanol–water partition coefficient (Wildman–Crippen LogP) is -0.813. The third-order valence-corrected chi connectivity index (χ3v) is 2.50. The molecule has 0 radical (unpaired) electrons. The van der Waals surface area contributed by atoms with Crippen molar-refractivity contribution in [3.05, 3.63) is 34.4 Å². The minimum atomic E-state index is -4.67. The van der Waals surface area contributed by atoms with Gasteiger partial charge in [0.1, 0.15) is 4.34 Å². The normalized spacial score (nSPS) is 9.21. The van der Waals surface area contributed by atoms with Crippen LogP contribution in [-0.4, -0.2) is 22.5 Å². The zero-order valence-corrected chi connectivity index (χ0v) is 14.0. The Morgan fingerprint density at radius 3 is 2.16 bits per heavy atom. The van der Waals surface area contributed by atoms with E-state index in [4.69, 9.17) is 27.6 Å². The second-order valence-electron chi connectivity index (χ2n) is 2.49. The van der Waals surface area contributed by atoms with Gasteiger partial charge in [0.05, 0.1) is 10.2 Å². The van der Waals surface area contributed by atoms with Crippen LogP contribution in [0, 0.1) is 10.1 Å². The van der Waals surface area contributed by atoms with Gasteiger partial charge in [-0.25, -0.2) is 4.98 Å². The zero-order valence-electron chi connectivity index (χ0n) is 9.49. The van der Waals surface area contributed by atoms with E-state index in [0.29, 0.717) is 0 Å². The van der Waals surface area contributed by atoms with E-state index >= 15 is 0 Å². The van der Waals surface area contributed by atoms with E-state index in [1.807, 2.05) is 24.3 Å². The summed E-state index contributed by atoms with van der Waals surface area (Å²) in [4.78, 5) is 12.2. The molecule has 1 aromatic carbocycles. The van der Waals surface area contributed by atoms with Gasteiger partial charge in [-0.1, -0.05) is 12.1 Å². The van der Waals surface area contributed by atoms with E-state index in [0.717, 1.165) is 15.2 Å². The van der Waals surface area contributed by atoms with Gasteiger partial charge in [0.15, 0.2) is 0 Å². The molecule has 12 heteroatoms. The molecule has 0 saturated heterocycles. The molecule has 2 aromatic rings. The van der Waals surface area contributed by atoms with Crippen LogP contribution >= 0.6 is 24.0 Å². The van der Waals surface area contributed by atoms with Gasteiger partial charge >= 0.3 is 40.0 Å². The standard InChI is InChI=1S/C7H5NS2.HNO2.Na.H2O4S/c9-7-8-5-3-1-2-4-6(5)10-7;2-1-3;;1-5(2,3)4/h1-4H,(H,8,9);(H,2,3);;(H2,1,2,3,4)/q;;+1;/p-1. The van der Waals surface area contributed by atoms with Crippen molar-refractivity contribution in [1.29, 1.82) is 0 Å². The molecule has 0 atom stereocenters. The summed E-state index contributed by atoms with van der Waals surface area (Å²) >= 11 is 5.76. The molecule has 0 aliphatic rings. The molecule has 8 nitrogen and oxygen atoms in total. The summed E-state index contributed by atoms with van der Waals surface area (Å²) < 4.78 is 33.6. The zero-order chi connectivity index (χ0) is 14.2. The summed E-state index contributed by atoms with van der Waals surface area (Å²) in [7, 11) is -4.67. The molecular weight excluding hydrogens is 327 g/mol. The third kappa shape index (κ3) is 12.5. The fraction of sp³-hybridized carbons (Fsp3) is 0. The maximum Gasteiger partial charge on any atom is 1.00 e. The first kappa shape index (κ1) is 21.0. The topological polar surface area (TPSA) is 140 Å². The minimum Gasteiger partial charge on any atom is -0.444 e. The van der Waals surface area contributed by atoms with E-state index in [2.05, 4.69) is 17.6 Å².